The van der Waals surface area contributed by atoms with Crippen LogP contribution in [0.4, 0.5) is 4.79 Å². The van der Waals surface area contributed by atoms with Crippen molar-refractivity contribution >= 4 is 6.03 Å². The predicted molar refractivity (Wildman–Crippen MR) is 95.7 cm³/mol. The van der Waals surface area contributed by atoms with Crippen LogP contribution in [0.3, 0.4) is 0 Å². The Morgan fingerprint density at radius 1 is 0.920 bits per heavy atom. The highest BCUT2D eigenvalue weighted by molar-refractivity contribution is 5.74. The smallest absolute Gasteiger partial charge is 0.315 e. The third-order valence-corrected chi connectivity index (χ3v) is 5.91. The van der Waals surface area contributed by atoms with Crippen LogP contribution in [0.25, 0.3) is 0 Å². The van der Waals surface area contributed by atoms with Gasteiger partial charge in [-0.3, -0.25) is 4.79 Å². The maximum atomic E-state index is 12.2. The first kappa shape index (κ1) is 16.6. The van der Waals surface area contributed by atoms with Crippen molar-refractivity contribution in [3.63, 3.8) is 0 Å². The second kappa shape index (κ2) is 7.18. The van der Waals surface area contributed by atoms with Crippen LogP contribution in [0.5, 0.6) is 0 Å². The number of amides is 2. The highest BCUT2D eigenvalue weighted by Gasteiger charge is 2.29. The quantitative estimate of drug-likeness (QED) is 0.882. The van der Waals surface area contributed by atoms with E-state index in [0.29, 0.717) is 12.0 Å². The Hall–Kier alpha value is -1.85. The number of hydrogen-bond acceptors (Lipinski definition) is 3. The summed E-state index contributed by atoms with van der Waals surface area (Å²) in [5.41, 5.74) is 1.07. The van der Waals surface area contributed by atoms with Gasteiger partial charge >= 0.3 is 6.03 Å². The summed E-state index contributed by atoms with van der Waals surface area (Å²) < 4.78 is 1.70. The third-order valence-electron chi connectivity index (χ3n) is 5.91. The molecule has 0 bridgehead atoms. The number of aromatic nitrogens is 2. The van der Waals surface area contributed by atoms with Crippen LogP contribution in [-0.2, 0) is 0 Å². The molecular formula is C19H28N4O2. The lowest BCUT2D eigenvalue weighted by atomic mass is 9.91. The largest absolute Gasteiger partial charge is 0.335 e. The van der Waals surface area contributed by atoms with Crippen molar-refractivity contribution < 1.29 is 4.79 Å². The standard InChI is InChI=1S/C19H28N4O2/c24-18-12-11-17(13-5-6-13)22-23(18)16-9-7-15(8-10-16)21-19(25)20-14-3-1-2-4-14/h11-16H,1-10H2,(H2,20,21,25). The summed E-state index contributed by atoms with van der Waals surface area (Å²) in [6.45, 7) is 0. The molecule has 4 rings (SSSR count). The van der Waals surface area contributed by atoms with Crippen LogP contribution in [-0.4, -0.2) is 27.9 Å². The average molecular weight is 344 g/mol. The molecule has 3 saturated carbocycles. The summed E-state index contributed by atoms with van der Waals surface area (Å²) in [6.07, 6.45) is 10.6. The first-order valence-corrected chi connectivity index (χ1v) is 9.86. The fraction of sp³-hybridized carbons (Fsp3) is 0.737. The van der Waals surface area contributed by atoms with Crippen LogP contribution < -0.4 is 16.2 Å². The summed E-state index contributed by atoms with van der Waals surface area (Å²) in [5, 5.41) is 10.8. The molecule has 6 heteroatoms. The van der Waals surface area contributed by atoms with E-state index in [1.165, 1.54) is 25.7 Å². The van der Waals surface area contributed by atoms with Crippen LogP contribution in [0.15, 0.2) is 16.9 Å². The molecule has 3 aliphatic rings. The molecule has 2 amide bonds. The second-order valence-electron chi connectivity index (χ2n) is 7.92. The Bertz CT molecular complexity index is 668. The van der Waals surface area contributed by atoms with Crippen LogP contribution >= 0.6 is 0 Å². The van der Waals surface area contributed by atoms with Gasteiger partial charge < -0.3 is 10.6 Å². The van der Waals surface area contributed by atoms with Gasteiger partial charge in [0.05, 0.1) is 11.7 Å². The van der Waals surface area contributed by atoms with Crippen molar-refractivity contribution in [2.45, 2.75) is 88.3 Å². The predicted octanol–water partition coefficient (Wildman–Crippen LogP) is 2.85. The summed E-state index contributed by atoms with van der Waals surface area (Å²) in [6, 6.07) is 4.25. The van der Waals surface area contributed by atoms with E-state index in [9.17, 15) is 9.59 Å². The summed E-state index contributed by atoms with van der Waals surface area (Å²) in [4.78, 5) is 24.3. The van der Waals surface area contributed by atoms with Gasteiger partial charge in [0.25, 0.3) is 5.56 Å². The van der Waals surface area contributed by atoms with E-state index in [1.54, 1.807) is 10.7 Å². The first-order chi connectivity index (χ1) is 12.2. The van der Waals surface area contributed by atoms with Crippen LogP contribution in [0.1, 0.15) is 81.9 Å². The molecule has 6 nitrogen and oxygen atoms in total. The van der Waals surface area contributed by atoms with E-state index >= 15 is 0 Å². The van der Waals surface area contributed by atoms with Gasteiger partial charge in [-0.25, -0.2) is 9.48 Å². The lowest BCUT2D eigenvalue weighted by molar-refractivity contribution is 0.221. The summed E-state index contributed by atoms with van der Waals surface area (Å²) in [7, 11) is 0. The molecule has 0 aliphatic heterocycles. The average Bonchev–Trinajstić information content (AvgIpc) is 3.34. The van der Waals surface area contributed by atoms with E-state index in [2.05, 4.69) is 15.7 Å². The maximum absolute atomic E-state index is 12.2. The number of carbonyl (C=O) groups excluding carboxylic acids is 1. The molecule has 0 unspecified atom stereocenters. The molecule has 1 aromatic heterocycles. The van der Waals surface area contributed by atoms with E-state index in [-0.39, 0.29) is 23.7 Å². The lowest BCUT2D eigenvalue weighted by Gasteiger charge is -2.30. The highest BCUT2D eigenvalue weighted by atomic mass is 16.2. The van der Waals surface area contributed by atoms with Gasteiger partial charge in [0.1, 0.15) is 0 Å². The molecule has 1 heterocycles. The maximum Gasteiger partial charge on any atom is 0.315 e. The van der Waals surface area contributed by atoms with Crippen molar-refractivity contribution in [1.82, 2.24) is 20.4 Å². The van der Waals surface area contributed by atoms with E-state index in [4.69, 9.17) is 0 Å². The van der Waals surface area contributed by atoms with Crippen molar-refractivity contribution in [3.05, 3.63) is 28.2 Å². The Labute approximate surface area is 148 Å². The topological polar surface area (TPSA) is 76.0 Å². The molecule has 0 atom stereocenters. The molecule has 1 aromatic rings. The second-order valence-corrected chi connectivity index (χ2v) is 7.92. The molecule has 0 aromatic carbocycles. The monoisotopic (exact) mass is 344 g/mol. The third kappa shape index (κ3) is 4.05. The van der Waals surface area contributed by atoms with Crippen molar-refractivity contribution in [3.8, 4) is 0 Å². The number of nitrogens with zero attached hydrogens (tertiary/aromatic N) is 2. The fourth-order valence-corrected chi connectivity index (χ4v) is 4.25. The van der Waals surface area contributed by atoms with Gasteiger partial charge in [0.2, 0.25) is 0 Å². The van der Waals surface area contributed by atoms with Crippen LogP contribution in [0, 0.1) is 0 Å². The molecule has 2 N–H and O–H groups in total. The summed E-state index contributed by atoms with van der Waals surface area (Å²) >= 11 is 0. The number of nitrogens with one attached hydrogen (secondary N) is 2. The van der Waals surface area contributed by atoms with Crippen molar-refractivity contribution in [2.75, 3.05) is 0 Å². The number of carbonyl (C=O) groups is 1. The molecular weight excluding hydrogens is 316 g/mol. The molecule has 136 valence electrons. The number of hydrogen-bond donors (Lipinski definition) is 2. The molecule has 0 spiro atoms. The van der Waals surface area contributed by atoms with Crippen molar-refractivity contribution in [2.24, 2.45) is 0 Å². The van der Waals surface area contributed by atoms with E-state index in [1.807, 2.05) is 6.07 Å². The first-order valence-electron chi connectivity index (χ1n) is 9.86. The number of rotatable bonds is 4. The van der Waals surface area contributed by atoms with Crippen LogP contribution in [0.2, 0.25) is 0 Å². The van der Waals surface area contributed by atoms with Gasteiger partial charge in [-0.2, -0.15) is 5.10 Å². The number of urea groups is 1. The normalized spacial score (nSPS) is 27.2. The SMILES string of the molecule is O=C(NC1CCCC1)NC1CCC(n2nc(C3CC3)ccc2=O)CC1. The van der Waals surface area contributed by atoms with Gasteiger partial charge in [-0.15, -0.1) is 0 Å². The molecule has 3 fully saturated rings. The minimum atomic E-state index is -0.0265. The van der Waals surface area contributed by atoms with Gasteiger partial charge in [-0.1, -0.05) is 12.8 Å². The van der Waals surface area contributed by atoms with Gasteiger partial charge in [0.15, 0.2) is 0 Å². The van der Waals surface area contributed by atoms with Gasteiger partial charge in [-0.05, 0) is 57.4 Å². The van der Waals surface area contributed by atoms with E-state index < -0.39 is 0 Å². The Morgan fingerprint density at radius 3 is 2.20 bits per heavy atom. The van der Waals surface area contributed by atoms with Crippen molar-refractivity contribution in [1.29, 1.82) is 0 Å². The minimum Gasteiger partial charge on any atom is -0.335 e. The summed E-state index contributed by atoms with van der Waals surface area (Å²) in [5.74, 6) is 0.559. The highest BCUT2D eigenvalue weighted by Crippen LogP contribution is 2.38. The molecule has 3 aliphatic carbocycles. The van der Waals surface area contributed by atoms with Gasteiger partial charge in [0, 0.05) is 24.1 Å². The van der Waals surface area contributed by atoms with E-state index in [0.717, 1.165) is 44.2 Å². The minimum absolute atomic E-state index is 0.000198. The lowest BCUT2D eigenvalue weighted by Crippen LogP contribution is -2.47. The Balaban J connectivity index is 1.30. The zero-order valence-electron chi connectivity index (χ0n) is 14.7. The zero-order valence-corrected chi connectivity index (χ0v) is 14.7. The molecule has 0 radical (unpaired) electrons. The fourth-order valence-electron chi connectivity index (χ4n) is 4.25. The zero-order chi connectivity index (χ0) is 17.2. The Morgan fingerprint density at radius 2 is 1.56 bits per heavy atom. The molecule has 0 saturated heterocycles. The molecule has 25 heavy (non-hydrogen) atoms. The Kier molecular flexibility index (Phi) is 4.77.